The van der Waals surface area contributed by atoms with Crippen LogP contribution < -0.4 is 10.5 Å². The monoisotopic (exact) mass is 267 g/mol. The Morgan fingerprint density at radius 1 is 1.40 bits per heavy atom. The molecular formula is C12H14BrNO. The zero-order valence-electron chi connectivity index (χ0n) is 8.55. The Kier molecular flexibility index (Phi) is 2.08. The first kappa shape index (κ1) is 9.67. The lowest BCUT2D eigenvalue weighted by molar-refractivity contribution is 0.355. The molecular weight excluding hydrogens is 254 g/mol. The Morgan fingerprint density at radius 2 is 2.20 bits per heavy atom. The predicted octanol–water partition coefficient (Wildman–Crippen LogP) is 2.37. The van der Waals surface area contributed by atoms with Crippen LogP contribution in [0.5, 0.6) is 5.75 Å². The van der Waals surface area contributed by atoms with Crippen LogP contribution in [0.1, 0.15) is 24.0 Å². The van der Waals surface area contributed by atoms with Gasteiger partial charge in [0, 0.05) is 18.4 Å². The lowest BCUT2D eigenvalue weighted by Crippen LogP contribution is -2.19. The van der Waals surface area contributed by atoms with Crippen molar-refractivity contribution >= 4 is 15.9 Å². The van der Waals surface area contributed by atoms with Gasteiger partial charge in [0.2, 0.25) is 0 Å². The van der Waals surface area contributed by atoms with Crippen molar-refractivity contribution in [1.82, 2.24) is 0 Å². The van der Waals surface area contributed by atoms with Gasteiger partial charge in [-0.05, 0) is 46.0 Å². The second kappa shape index (κ2) is 3.22. The summed E-state index contributed by atoms with van der Waals surface area (Å²) in [7, 11) is 0. The number of ether oxygens (including phenoxy) is 1. The third-order valence-electron chi connectivity index (χ3n) is 3.59. The van der Waals surface area contributed by atoms with E-state index in [1.165, 1.54) is 24.0 Å². The summed E-state index contributed by atoms with van der Waals surface area (Å²) in [6.07, 6.45) is 3.49. The Balaban J connectivity index is 2.08. The molecule has 1 fully saturated rings. The molecule has 2 aliphatic rings. The Morgan fingerprint density at radius 3 is 2.87 bits per heavy atom. The molecule has 1 saturated carbocycles. The number of nitrogens with two attached hydrogens (primary N) is 1. The van der Waals surface area contributed by atoms with E-state index in [2.05, 4.69) is 28.1 Å². The van der Waals surface area contributed by atoms with Crippen molar-refractivity contribution in [3.8, 4) is 5.75 Å². The Labute approximate surface area is 97.9 Å². The third kappa shape index (κ3) is 1.41. The van der Waals surface area contributed by atoms with Crippen molar-refractivity contribution in [3.05, 3.63) is 27.7 Å². The molecule has 3 rings (SSSR count). The van der Waals surface area contributed by atoms with Gasteiger partial charge >= 0.3 is 0 Å². The molecule has 1 aromatic rings. The average Bonchev–Trinajstić information content (AvgIpc) is 2.90. The van der Waals surface area contributed by atoms with Crippen molar-refractivity contribution in [2.24, 2.45) is 5.73 Å². The van der Waals surface area contributed by atoms with E-state index in [0.29, 0.717) is 0 Å². The Hall–Kier alpha value is -0.540. The van der Waals surface area contributed by atoms with Crippen molar-refractivity contribution < 1.29 is 4.74 Å². The third-order valence-corrected chi connectivity index (χ3v) is 4.18. The van der Waals surface area contributed by atoms with Crippen LogP contribution in [0, 0.1) is 0 Å². The SMILES string of the molecule is NCC1(c2cc(Br)c3c(c2)CCO3)CC1. The van der Waals surface area contributed by atoms with Crippen molar-refractivity contribution in [2.45, 2.75) is 24.7 Å². The van der Waals surface area contributed by atoms with Crippen LogP contribution in [0.2, 0.25) is 0 Å². The van der Waals surface area contributed by atoms with Crippen LogP contribution in [0.3, 0.4) is 0 Å². The van der Waals surface area contributed by atoms with Crippen molar-refractivity contribution in [2.75, 3.05) is 13.2 Å². The molecule has 15 heavy (non-hydrogen) atoms. The van der Waals surface area contributed by atoms with Gasteiger partial charge in [-0.3, -0.25) is 0 Å². The fourth-order valence-corrected chi connectivity index (χ4v) is 2.94. The number of halogens is 1. The molecule has 0 amide bonds. The smallest absolute Gasteiger partial charge is 0.136 e. The van der Waals surface area contributed by atoms with E-state index in [4.69, 9.17) is 10.5 Å². The van der Waals surface area contributed by atoms with Gasteiger partial charge in [0.05, 0.1) is 11.1 Å². The number of hydrogen-bond acceptors (Lipinski definition) is 2. The molecule has 1 aliphatic heterocycles. The summed E-state index contributed by atoms with van der Waals surface area (Å²) >= 11 is 3.58. The van der Waals surface area contributed by atoms with Crippen LogP contribution >= 0.6 is 15.9 Å². The normalized spacial score (nSPS) is 20.9. The Bertz CT molecular complexity index is 412. The number of rotatable bonds is 2. The summed E-state index contributed by atoms with van der Waals surface area (Å²) in [6.45, 7) is 1.58. The molecule has 1 aliphatic carbocycles. The first-order valence-electron chi connectivity index (χ1n) is 5.41. The van der Waals surface area contributed by atoms with Crippen LogP contribution in [0.4, 0.5) is 0 Å². The molecule has 1 aromatic carbocycles. The molecule has 0 unspecified atom stereocenters. The molecule has 2 nitrogen and oxygen atoms in total. The minimum atomic E-state index is 0.278. The van der Waals surface area contributed by atoms with Crippen LogP contribution in [0.15, 0.2) is 16.6 Å². The van der Waals surface area contributed by atoms with E-state index in [0.717, 1.165) is 29.8 Å². The fourth-order valence-electron chi connectivity index (χ4n) is 2.33. The molecule has 1 heterocycles. The number of hydrogen-bond donors (Lipinski definition) is 1. The molecule has 80 valence electrons. The number of fused-ring (bicyclic) bond motifs is 1. The standard InChI is InChI=1S/C12H14BrNO/c13-10-6-9(12(7-14)2-3-12)5-8-1-4-15-11(8)10/h5-6H,1-4,7,14H2. The van der Waals surface area contributed by atoms with Gasteiger partial charge in [0.25, 0.3) is 0 Å². The summed E-state index contributed by atoms with van der Waals surface area (Å²) in [5.41, 5.74) is 8.85. The maximum atomic E-state index is 5.85. The quantitative estimate of drug-likeness (QED) is 0.893. The average molecular weight is 268 g/mol. The highest BCUT2D eigenvalue weighted by Gasteiger charge is 2.43. The summed E-state index contributed by atoms with van der Waals surface area (Å²) in [5, 5.41) is 0. The van der Waals surface area contributed by atoms with Gasteiger partial charge in [0.1, 0.15) is 5.75 Å². The van der Waals surface area contributed by atoms with Gasteiger partial charge in [-0.2, -0.15) is 0 Å². The zero-order valence-corrected chi connectivity index (χ0v) is 10.1. The molecule has 0 radical (unpaired) electrons. The highest BCUT2D eigenvalue weighted by molar-refractivity contribution is 9.10. The van der Waals surface area contributed by atoms with Crippen LogP contribution in [0.25, 0.3) is 0 Å². The summed E-state index contributed by atoms with van der Waals surface area (Å²) in [5.74, 6) is 1.03. The molecule has 3 heteroatoms. The second-order valence-electron chi connectivity index (χ2n) is 4.53. The van der Waals surface area contributed by atoms with Gasteiger partial charge in [-0.25, -0.2) is 0 Å². The lowest BCUT2D eigenvalue weighted by atomic mass is 9.94. The van der Waals surface area contributed by atoms with Gasteiger partial charge in [0.15, 0.2) is 0 Å². The minimum Gasteiger partial charge on any atom is -0.492 e. The predicted molar refractivity (Wildman–Crippen MR) is 63.3 cm³/mol. The number of benzene rings is 1. The van der Waals surface area contributed by atoms with Crippen molar-refractivity contribution in [1.29, 1.82) is 0 Å². The summed E-state index contributed by atoms with van der Waals surface area (Å²) in [4.78, 5) is 0. The summed E-state index contributed by atoms with van der Waals surface area (Å²) in [6, 6.07) is 4.47. The molecule has 2 N–H and O–H groups in total. The fraction of sp³-hybridized carbons (Fsp3) is 0.500. The summed E-state index contributed by atoms with van der Waals surface area (Å²) < 4.78 is 6.66. The topological polar surface area (TPSA) is 35.2 Å². The molecule has 0 aromatic heterocycles. The van der Waals surface area contributed by atoms with Crippen molar-refractivity contribution in [3.63, 3.8) is 0 Å². The van der Waals surface area contributed by atoms with Gasteiger partial charge in [-0.1, -0.05) is 6.07 Å². The second-order valence-corrected chi connectivity index (χ2v) is 5.38. The van der Waals surface area contributed by atoms with Crippen LogP contribution in [-0.4, -0.2) is 13.2 Å². The van der Waals surface area contributed by atoms with Crippen LogP contribution in [-0.2, 0) is 11.8 Å². The minimum absolute atomic E-state index is 0.278. The van der Waals surface area contributed by atoms with E-state index in [9.17, 15) is 0 Å². The highest BCUT2D eigenvalue weighted by atomic mass is 79.9. The molecule has 0 saturated heterocycles. The zero-order chi connectivity index (χ0) is 10.5. The van der Waals surface area contributed by atoms with E-state index in [1.807, 2.05) is 0 Å². The van der Waals surface area contributed by atoms with E-state index < -0.39 is 0 Å². The maximum Gasteiger partial charge on any atom is 0.136 e. The van der Waals surface area contributed by atoms with E-state index in [-0.39, 0.29) is 5.41 Å². The molecule has 0 bridgehead atoms. The maximum absolute atomic E-state index is 5.85. The molecule has 0 spiro atoms. The first-order chi connectivity index (χ1) is 7.25. The largest absolute Gasteiger partial charge is 0.492 e. The highest BCUT2D eigenvalue weighted by Crippen LogP contribution is 2.49. The van der Waals surface area contributed by atoms with E-state index >= 15 is 0 Å². The lowest BCUT2D eigenvalue weighted by Gasteiger charge is -2.15. The molecule has 0 atom stereocenters. The van der Waals surface area contributed by atoms with Gasteiger partial charge in [-0.15, -0.1) is 0 Å². The van der Waals surface area contributed by atoms with Gasteiger partial charge < -0.3 is 10.5 Å². The first-order valence-corrected chi connectivity index (χ1v) is 6.20. The van der Waals surface area contributed by atoms with E-state index in [1.54, 1.807) is 0 Å².